The van der Waals surface area contributed by atoms with Crippen molar-refractivity contribution in [2.75, 3.05) is 0 Å². The van der Waals surface area contributed by atoms with Crippen LogP contribution >= 0.6 is 11.6 Å². The van der Waals surface area contributed by atoms with Gasteiger partial charge in [0.25, 0.3) is 0 Å². The summed E-state index contributed by atoms with van der Waals surface area (Å²) in [4.78, 5) is 3.94. The van der Waals surface area contributed by atoms with Gasteiger partial charge in [0.05, 0.1) is 20.8 Å². The standard InChI is InChI=1S/C10H13ClN2OS/c1-10(2,15(12)14)4-3-8-5-9(11)7-13-6-8/h3-7H,12H2,1-2H3/b4-3+. The number of rotatable bonds is 3. The summed E-state index contributed by atoms with van der Waals surface area (Å²) in [6.45, 7) is 3.61. The van der Waals surface area contributed by atoms with Gasteiger partial charge < -0.3 is 0 Å². The van der Waals surface area contributed by atoms with Gasteiger partial charge in [0, 0.05) is 12.4 Å². The average Bonchev–Trinajstić information content (AvgIpc) is 2.15. The Balaban J connectivity index is 2.86. The van der Waals surface area contributed by atoms with Gasteiger partial charge in [-0.25, -0.2) is 4.21 Å². The molecule has 0 amide bonds. The largest absolute Gasteiger partial charge is 0.263 e. The third-order valence-corrected chi connectivity index (χ3v) is 3.30. The van der Waals surface area contributed by atoms with Crippen LogP contribution in [0.25, 0.3) is 6.08 Å². The summed E-state index contributed by atoms with van der Waals surface area (Å²) in [6, 6.07) is 1.78. The quantitative estimate of drug-likeness (QED) is 0.886. The molecule has 3 nitrogen and oxygen atoms in total. The molecule has 1 atom stereocenters. The minimum Gasteiger partial charge on any atom is -0.263 e. The third kappa shape index (κ3) is 3.74. The van der Waals surface area contributed by atoms with E-state index in [1.807, 2.05) is 6.08 Å². The van der Waals surface area contributed by atoms with Crippen LogP contribution in [0.3, 0.4) is 0 Å². The Morgan fingerprint density at radius 2 is 2.20 bits per heavy atom. The predicted molar refractivity (Wildman–Crippen MR) is 64.7 cm³/mol. The first-order valence-corrected chi connectivity index (χ1v) is 5.97. The normalized spacial score (nSPS) is 14.4. The fraction of sp³-hybridized carbons (Fsp3) is 0.300. The van der Waals surface area contributed by atoms with E-state index >= 15 is 0 Å². The second-order valence-corrected chi connectivity index (χ2v) is 5.75. The first-order valence-electron chi connectivity index (χ1n) is 4.38. The molecular weight excluding hydrogens is 232 g/mol. The summed E-state index contributed by atoms with van der Waals surface area (Å²) in [5.41, 5.74) is 0.862. The van der Waals surface area contributed by atoms with Gasteiger partial charge in [0.15, 0.2) is 0 Å². The fourth-order valence-electron chi connectivity index (χ4n) is 0.883. The van der Waals surface area contributed by atoms with Crippen LogP contribution in [-0.2, 0) is 11.0 Å². The van der Waals surface area contributed by atoms with Gasteiger partial charge >= 0.3 is 0 Å². The number of aromatic nitrogens is 1. The highest BCUT2D eigenvalue weighted by Gasteiger charge is 2.18. The van der Waals surface area contributed by atoms with Gasteiger partial charge in [-0.2, -0.15) is 0 Å². The molecule has 1 rings (SSSR count). The van der Waals surface area contributed by atoms with E-state index in [9.17, 15) is 4.21 Å². The first-order chi connectivity index (χ1) is 6.92. The van der Waals surface area contributed by atoms with E-state index in [-0.39, 0.29) is 0 Å². The first kappa shape index (κ1) is 12.4. The van der Waals surface area contributed by atoms with E-state index in [0.717, 1.165) is 5.56 Å². The number of nitrogens with zero attached hydrogens (tertiary/aromatic N) is 1. The lowest BCUT2D eigenvalue weighted by Gasteiger charge is -2.15. The van der Waals surface area contributed by atoms with Crippen LogP contribution in [-0.4, -0.2) is 13.9 Å². The number of halogens is 1. The van der Waals surface area contributed by atoms with Gasteiger partial charge in [-0.3, -0.25) is 10.1 Å². The summed E-state index contributed by atoms with van der Waals surface area (Å²) < 4.78 is 10.6. The van der Waals surface area contributed by atoms with Crippen LogP contribution in [0.4, 0.5) is 0 Å². The molecule has 0 aliphatic carbocycles. The Hall–Kier alpha value is -0.710. The number of hydrogen-bond donors (Lipinski definition) is 1. The van der Waals surface area contributed by atoms with Crippen LogP contribution in [0, 0.1) is 0 Å². The van der Waals surface area contributed by atoms with Crippen LogP contribution < -0.4 is 5.14 Å². The van der Waals surface area contributed by atoms with Crippen LogP contribution in [0.1, 0.15) is 19.4 Å². The predicted octanol–water partition coefficient (Wildman–Crippen LogP) is 2.15. The topological polar surface area (TPSA) is 56.0 Å². The van der Waals surface area contributed by atoms with Crippen molar-refractivity contribution in [3.05, 3.63) is 35.1 Å². The average molecular weight is 245 g/mol. The summed E-state index contributed by atoms with van der Waals surface area (Å²) >= 11 is 5.78. The van der Waals surface area contributed by atoms with Crippen molar-refractivity contribution in [2.45, 2.75) is 18.6 Å². The minimum absolute atomic E-state index is 0.553. The molecular formula is C10H13ClN2OS. The lowest BCUT2D eigenvalue weighted by atomic mass is 10.1. The van der Waals surface area contributed by atoms with E-state index in [2.05, 4.69) is 4.98 Å². The lowest BCUT2D eigenvalue weighted by Crippen LogP contribution is -2.29. The van der Waals surface area contributed by atoms with Gasteiger partial charge in [-0.1, -0.05) is 23.8 Å². The molecule has 1 aromatic heterocycles. The maximum atomic E-state index is 11.1. The van der Waals surface area contributed by atoms with Crippen molar-refractivity contribution >= 4 is 28.7 Å². The molecule has 0 fully saturated rings. The molecule has 1 aromatic rings. The molecule has 0 aliphatic rings. The van der Waals surface area contributed by atoms with Gasteiger partial charge in [-0.05, 0) is 25.5 Å². The van der Waals surface area contributed by atoms with Crippen LogP contribution in [0.15, 0.2) is 24.5 Å². The zero-order valence-corrected chi connectivity index (χ0v) is 10.2. The second kappa shape index (κ2) is 4.88. The summed E-state index contributed by atoms with van der Waals surface area (Å²) in [6.07, 6.45) is 6.84. The maximum absolute atomic E-state index is 11.1. The van der Waals surface area contributed by atoms with Crippen molar-refractivity contribution in [1.82, 2.24) is 4.98 Å². The highest BCUT2D eigenvalue weighted by molar-refractivity contribution is 7.84. The molecule has 0 spiro atoms. The van der Waals surface area contributed by atoms with E-state index in [0.29, 0.717) is 5.02 Å². The Bertz CT molecular complexity index is 404. The highest BCUT2D eigenvalue weighted by atomic mass is 35.5. The van der Waals surface area contributed by atoms with Gasteiger partial charge in [-0.15, -0.1) is 0 Å². The smallest absolute Gasteiger partial charge is 0.0984 e. The zero-order valence-electron chi connectivity index (χ0n) is 8.61. The molecule has 0 radical (unpaired) electrons. The molecule has 0 bridgehead atoms. The lowest BCUT2D eigenvalue weighted by molar-refractivity contribution is 0.665. The van der Waals surface area contributed by atoms with Crippen LogP contribution in [0.5, 0.6) is 0 Å². The van der Waals surface area contributed by atoms with E-state index in [1.165, 1.54) is 0 Å². The van der Waals surface area contributed by atoms with E-state index in [1.54, 1.807) is 38.4 Å². The molecule has 0 saturated heterocycles. The molecule has 5 heteroatoms. The fourth-order valence-corrected chi connectivity index (χ4v) is 1.27. The van der Waals surface area contributed by atoms with Gasteiger partial charge in [0.1, 0.15) is 0 Å². The van der Waals surface area contributed by atoms with E-state index in [4.69, 9.17) is 16.7 Å². The maximum Gasteiger partial charge on any atom is 0.0984 e. The summed E-state index contributed by atoms with van der Waals surface area (Å²) in [7, 11) is -1.40. The monoisotopic (exact) mass is 244 g/mol. The Kier molecular flexibility index (Phi) is 4.02. The Morgan fingerprint density at radius 1 is 1.53 bits per heavy atom. The number of hydrogen-bond acceptors (Lipinski definition) is 2. The van der Waals surface area contributed by atoms with Gasteiger partial charge in [0.2, 0.25) is 0 Å². The molecule has 1 unspecified atom stereocenters. The Morgan fingerprint density at radius 3 is 2.73 bits per heavy atom. The zero-order chi connectivity index (χ0) is 11.5. The SMILES string of the molecule is CC(C)(/C=C/c1cncc(Cl)c1)S(N)=O. The van der Waals surface area contributed by atoms with Crippen molar-refractivity contribution < 1.29 is 4.21 Å². The summed E-state index contributed by atoms with van der Waals surface area (Å²) in [5.74, 6) is 0. The Labute approximate surface area is 96.9 Å². The molecule has 1 heterocycles. The van der Waals surface area contributed by atoms with Crippen molar-refractivity contribution in [1.29, 1.82) is 0 Å². The molecule has 0 aromatic carbocycles. The molecule has 82 valence electrons. The summed E-state index contributed by atoms with van der Waals surface area (Å²) in [5, 5.41) is 5.92. The minimum atomic E-state index is -1.40. The van der Waals surface area contributed by atoms with Crippen molar-refractivity contribution in [3.63, 3.8) is 0 Å². The molecule has 15 heavy (non-hydrogen) atoms. The van der Waals surface area contributed by atoms with Crippen molar-refractivity contribution in [2.24, 2.45) is 5.14 Å². The number of nitrogens with two attached hydrogens (primary N) is 1. The third-order valence-electron chi connectivity index (χ3n) is 1.92. The van der Waals surface area contributed by atoms with Crippen molar-refractivity contribution in [3.8, 4) is 0 Å². The second-order valence-electron chi connectivity index (χ2n) is 3.67. The number of pyridine rings is 1. The molecule has 2 N–H and O–H groups in total. The molecule has 0 aliphatic heterocycles. The van der Waals surface area contributed by atoms with E-state index < -0.39 is 15.7 Å². The molecule has 0 saturated carbocycles. The highest BCUT2D eigenvalue weighted by Crippen LogP contribution is 2.15. The van der Waals surface area contributed by atoms with Crippen LogP contribution in [0.2, 0.25) is 5.02 Å².